The predicted molar refractivity (Wildman–Crippen MR) is 49.8 cm³/mol. The first-order valence-electron chi connectivity index (χ1n) is 3.86. The largest absolute Gasteiger partial charge is 0.261 e. The van der Waals surface area contributed by atoms with Crippen LogP contribution in [0, 0.1) is 0 Å². The van der Waals surface area contributed by atoms with Crippen molar-refractivity contribution in [2.45, 2.75) is 20.3 Å². The third-order valence-corrected chi connectivity index (χ3v) is 1.64. The van der Waals surface area contributed by atoms with E-state index < -0.39 is 0 Å². The zero-order valence-corrected chi connectivity index (χ0v) is 7.04. The van der Waals surface area contributed by atoms with Gasteiger partial charge in [0.1, 0.15) is 0 Å². The number of hydrogen-bond acceptors (Lipinski definition) is 1. The maximum atomic E-state index is 4.26. The minimum atomic E-state index is 0.965. The number of nitrogens with zero attached hydrogens (tertiary/aromatic N) is 1. The lowest BCUT2D eigenvalue weighted by Crippen LogP contribution is -1.87. The molecule has 1 heterocycles. The van der Waals surface area contributed by atoms with E-state index in [9.17, 15) is 0 Å². The quantitative estimate of drug-likeness (QED) is 0.540. The number of dihydropyridines is 1. The van der Waals surface area contributed by atoms with Gasteiger partial charge in [0.25, 0.3) is 0 Å². The van der Waals surface area contributed by atoms with Crippen LogP contribution in [0.1, 0.15) is 20.3 Å². The summed E-state index contributed by atoms with van der Waals surface area (Å²) in [5, 5.41) is 0. The van der Waals surface area contributed by atoms with Gasteiger partial charge in [0, 0.05) is 18.3 Å². The average molecular weight is 147 g/mol. The van der Waals surface area contributed by atoms with E-state index in [0.717, 1.165) is 6.42 Å². The van der Waals surface area contributed by atoms with Crippen LogP contribution in [0.5, 0.6) is 0 Å². The smallest absolute Gasteiger partial charge is 0.0470 e. The van der Waals surface area contributed by atoms with Crippen molar-refractivity contribution < 1.29 is 0 Å². The van der Waals surface area contributed by atoms with E-state index in [1.165, 1.54) is 11.3 Å². The highest BCUT2D eigenvalue weighted by Crippen LogP contribution is 2.14. The van der Waals surface area contributed by atoms with Crippen LogP contribution in [0.25, 0.3) is 0 Å². The molecule has 0 amide bonds. The first kappa shape index (κ1) is 7.99. The van der Waals surface area contributed by atoms with Gasteiger partial charge in [-0.25, -0.2) is 0 Å². The van der Waals surface area contributed by atoms with Crippen molar-refractivity contribution in [3.63, 3.8) is 0 Å². The van der Waals surface area contributed by atoms with E-state index in [-0.39, 0.29) is 0 Å². The Kier molecular flexibility index (Phi) is 2.84. The van der Waals surface area contributed by atoms with Crippen molar-refractivity contribution in [1.82, 2.24) is 0 Å². The minimum Gasteiger partial charge on any atom is -0.261 e. The van der Waals surface area contributed by atoms with E-state index >= 15 is 0 Å². The van der Waals surface area contributed by atoms with Gasteiger partial charge in [0.15, 0.2) is 0 Å². The summed E-state index contributed by atoms with van der Waals surface area (Å²) in [6.45, 7) is 4.11. The second kappa shape index (κ2) is 3.91. The topological polar surface area (TPSA) is 12.4 Å². The molecular weight excluding hydrogens is 134 g/mol. The lowest BCUT2D eigenvalue weighted by atomic mass is 10.1. The first-order valence-corrected chi connectivity index (χ1v) is 3.86. The molecule has 1 nitrogen and oxygen atoms in total. The molecule has 0 aromatic heterocycles. The van der Waals surface area contributed by atoms with Crippen LogP contribution in [0.3, 0.4) is 0 Å². The van der Waals surface area contributed by atoms with Gasteiger partial charge in [-0.15, -0.1) is 0 Å². The highest BCUT2D eigenvalue weighted by Gasteiger charge is 1.97. The standard InChI is InChI=1S/C10H13N/c1-3-6-9(2)10-7-4-5-8-11-10/h3-6,8H,7H2,1-2H3/b6-3-,10-9+. The highest BCUT2D eigenvalue weighted by molar-refractivity contribution is 5.73. The monoisotopic (exact) mass is 147 g/mol. The van der Waals surface area contributed by atoms with Gasteiger partial charge in [-0.2, -0.15) is 0 Å². The van der Waals surface area contributed by atoms with Gasteiger partial charge >= 0.3 is 0 Å². The molecule has 0 saturated carbocycles. The van der Waals surface area contributed by atoms with Gasteiger partial charge in [-0.1, -0.05) is 18.2 Å². The SMILES string of the molecule is C/C=C\C(C)=C1/CC=CC=N1. The molecule has 0 N–H and O–H groups in total. The number of hydrogen-bond donors (Lipinski definition) is 0. The Labute approximate surface area is 67.8 Å². The molecule has 1 rings (SSSR count). The molecule has 0 spiro atoms. The van der Waals surface area contributed by atoms with Crippen LogP contribution < -0.4 is 0 Å². The highest BCUT2D eigenvalue weighted by atomic mass is 14.7. The molecule has 0 saturated heterocycles. The van der Waals surface area contributed by atoms with Crippen molar-refractivity contribution in [3.05, 3.63) is 35.6 Å². The average Bonchev–Trinajstić information content (AvgIpc) is 2.07. The molecule has 1 aliphatic rings. The fraction of sp³-hybridized carbons (Fsp3) is 0.300. The Morgan fingerprint density at radius 1 is 1.64 bits per heavy atom. The summed E-state index contributed by atoms with van der Waals surface area (Å²) in [6, 6.07) is 0. The molecule has 11 heavy (non-hydrogen) atoms. The number of rotatable bonds is 1. The van der Waals surface area contributed by atoms with Crippen molar-refractivity contribution in [1.29, 1.82) is 0 Å². The molecule has 1 heteroatoms. The molecule has 0 fully saturated rings. The Balaban J connectivity index is 2.79. The number of allylic oxidation sites excluding steroid dienone is 5. The number of aliphatic imine (C=N–C) groups is 1. The van der Waals surface area contributed by atoms with Crippen molar-refractivity contribution in [2.24, 2.45) is 4.99 Å². The first-order chi connectivity index (χ1) is 5.34. The Hall–Kier alpha value is -1.11. The van der Waals surface area contributed by atoms with E-state index in [1.807, 2.05) is 25.3 Å². The molecule has 0 radical (unpaired) electrons. The second-order valence-electron chi connectivity index (χ2n) is 2.54. The maximum absolute atomic E-state index is 4.26. The van der Waals surface area contributed by atoms with Crippen LogP contribution in [-0.2, 0) is 0 Å². The summed E-state index contributed by atoms with van der Waals surface area (Å²) in [6.07, 6.45) is 11.0. The van der Waals surface area contributed by atoms with Crippen LogP contribution in [0.4, 0.5) is 0 Å². The Bertz CT molecular complexity index is 242. The zero-order valence-electron chi connectivity index (χ0n) is 7.04. The second-order valence-corrected chi connectivity index (χ2v) is 2.54. The third-order valence-electron chi connectivity index (χ3n) is 1.64. The molecule has 0 unspecified atom stereocenters. The molecule has 58 valence electrons. The van der Waals surface area contributed by atoms with E-state index in [1.54, 1.807) is 0 Å². The van der Waals surface area contributed by atoms with Gasteiger partial charge in [0.05, 0.1) is 0 Å². The van der Waals surface area contributed by atoms with Gasteiger partial charge in [0.2, 0.25) is 0 Å². The summed E-state index contributed by atoms with van der Waals surface area (Å²) in [4.78, 5) is 4.26. The fourth-order valence-corrected chi connectivity index (χ4v) is 1.04. The normalized spacial score (nSPS) is 21.3. The van der Waals surface area contributed by atoms with Crippen LogP contribution in [0.15, 0.2) is 40.6 Å². The van der Waals surface area contributed by atoms with Crippen LogP contribution >= 0.6 is 0 Å². The summed E-state index contributed by atoms with van der Waals surface area (Å²) in [5.74, 6) is 0. The van der Waals surface area contributed by atoms with Crippen molar-refractivity contribution >= 4 is 6.21 Å². The van der Waals surface area contributed by atoms with Gasteiger partial charge < -0.3 is 0 Å². The molecular formula is C10H13N. The van der Waals surface area contributed by atoms with Crippen LogP contribution in [0.2, 0.25) is 0 Å². The lowest BCUT2D eigenvalue weighted by molar-refractivity contribution is 1.11. The molecule has 0 aromatic carbocycles. The lowest BCUT2D eigenvalue weighted by Gasteiger charge is -2.03. The minimum absolute atomic E-state index is 0.965. The van der Waals surface area contributed by atoms with Crippen LogP contribution in [-0.4, -0.2) is 6.21 Å². The summed E-state index contributed by atoms with van der Waals surface area (Å²) < 4.78 is 0. The van der Waals surface area contributed by atoms with Crippen molar-refractivity contribution in [2.75, 3.05) is 0 Å². The zero-order chi connectivity index (χ0) is 8.10. The summed E-state index contributed by atoms with van der Waals surface area (Å²) in [7, 11) is 0. The van der Waals surface area contributed by atoms with Gasteiger partial charge in [-0.3, -0.25) is 4.99 Å². The summed E-state index contributed by atoms with van der Waals surface area (Å²) >= 11 is 0. The fourth-order valence-electron chi connectivity index (χ4n) is 1.04. The predicted octanol–water partition coefficient (Wildman–Crippen LogP) is 2.87. The Morgan fingerprint density at radius 3 is 3.00 bits per heavy atom. The van der Waals surface area contributed by atoms with Gasteiger partial charge in [-0.05, 0) is 25.5 Å². The Morgan fingerprint density at radius 2 is 2.45 bits per heavy atom. The van der Waals surface area contributed by atoms with Crippen molar-refractivity contribution in [3.8, 4) is 0 Å². The van der Waals surface area contributed by atoms with E-state index in [4.69, 9.17) is 0 Å². The molecule has 0 bridgehead atoms. The van der Waals surface area contributed by atoms with E-state index in [0.29, 0.717) is 0 Å². The van der Waals surface area contributed by atoms with E-state index in [2.05, 4.69) is 24.1 Å². The maximum Gasteiger partial charge on any atom is 0.0470 e. The molecule has 1 aliphatic heterocycles. The molecule has 0 aromatic rings. The summed E-state index contributed by atoms with van der Waals surface area (Å²) in [5.41, 5.74) is 2.43. The third kappa shape index (κ3) is 2.19. The molecule has 0 aliphatic carbocycles. The molecule has 0 atom stereocenters.